The summed E-state index contributed by atoms with van der Waals surface area (Å²) in [6, 6.07) is 14.8. The van der Waals surface area contributed by atoms with Gasteiger partial charge in [0.25, 0.3) is 0 Å². The Morgan fingerprint density at radius 3 is 2.27 bits per heavy atom. The standard InChI is InChI=1S/C26H27N3OS.2ClH/c1-15(2)11-23-21(13-27)25(18-7-5-16(3)6-8-18)20-12-19(9-10-22(20)28-23)26-29-24(14-31-26)17(4)30;;/h5-10,12,14-15H,11,13,27H2,1-4H3;2*1H. The molecule has 0 unspecified atom stereocenters. The number of nitrogens with two attached hydrogens (primary N) is 1. The monoisotopic (exact) mass is 501 g/mol. The summed E-state index contributed by atoms with van der Waals surface area (Å²) in [7, 11) is 0. The lowest BCUT2D eigenvalue weighted by Crippen LogP contribution is -2.10. The van der Waals surface area contributed by atoms with Gasteiger partial charge in [-0.3, -0.25) is 9.78 Å². The number of aromatic nitrogens is 2. The highest BCUT2D eigenvalue weighted by molar-refractivity contribution is 7.13. The second kappa shape index (κ2) is 11.2. The van der Waals surface area contributed by atoms with E-state index in [1.165, 1.54) is 16.9 Å². The smallest absolute Gasteiger partial charge is 0.178 e. The molecule has 0 fully saturated rings. The van der Waals surface area contributed by atoms with Gasteiger partial charge in [-0.25, -0.2) is 4.98 Å². The topological polar surface area (TPSA) is 68.9 Å². The third-order valence-electron chi connectivity index (χ3n) is 5.43. The molecule has 33 heavy (non-hydrogen) atoms. The Morgan fingerprint density at radius 1 is 1.03 bits per heavy atom. The molecule has 2 aromatic heterocycles. The predicted molar refractivity (Wildman–Crippen MR) is 144 cm³/mol. The Balaban J connectivity index is 0.00000193. The highest BCUT2D eigenvalue weighted by atomic mass is 35.5. The van der Waals surface area contributed by atoms with Crippen LogP contribution < -0.4 is 5.73 Å². The number of ketones is 1. The number of hydrogen-bond acceptors (Lipinski definition) is 5. The summed E-state index contributed by atoms with van der Waals surface area (Å²) in [5, 5.41) is 3.72. The maximum Gasteiger partial charge on any atom is 0.178 e. The second-order valence-electron chi connectivity index (χ2n) is 8.41. The number of rotatable bonds is 6. The Bertz CT molecular complexity index is 1270. The fourth-order valence-electron chi connectivity index (χ4n) is 3.88. The molecule has 2 heterocycles. The first-order chi connectivity index (χ1) is 14.9. The third kappa shape index (κ3) is 5.61. The fraction of sp³-hybridized carbons (Fsp3) is 0.269. The van der Waals surface area contributed by atoms with Crippen LogP contribution in [0, 0.1) is 12.8 Å². The van der Waals surface area contributed by atoms with E-state index in [-0.39, 0.29) is 30.6 Å². The largest absolute Gasteiger partial charge is 0.326 e. The Labute approximate surface area is 211 Å². The van der Waals surface area contributed by atoms with Gasteiger partial charge >= 0.3 is 0 Å². The molecule has 4 rings (SSSR count). The van der Waals surface area contributed by atoms with Crippen molar-refractivity contribution in [3.05, 3.63) is 70.4 Å². The van der Waals surface area contributed by atoms with Crippen molar-refractivity contribution in [3.63, 3.8) is 0 Å². The van der Waals surface area contributed by atoms with Crippen molar-refractivity contribution in [3.8, 4) is 21.7 Å². The molecular formula is C26H29Cl2N3OS. The van der Waals surface area contributed by atoms with Crippen molar-refractivity contribution in [1.82, 2.24) is 9.97 Å². The average Bonchev–Trinajstić information content (AvgIpc) is 3.23. The van der Waals surface area contributed by atoms with Gasteiger partial charge < -0.3 is 5.73 Å². The molecule has 0 atom stereocenters. The van der Waals surface area contributed by atoms with Crippen molar-refractivity contribution in [2.75, 3.05) is 0 Å². The minimum Gasteiger partial charge on any atom is -0.326 e. The van der Waals surface area contributed by atoms with Crippen LogP contribution in [0.3, 0.4) is 0 Å². The number of benzene rings is 2. The van der Waals surface area contributed by atoms with Gasteiger partial charge in [-0.05, 0) is 54.2 Å². The summed E-state index contributed by atoms with van der Waals surface area (Å²) >= 11 is 1.49. The summed E-state index contributed by atoms with van der Waals surface area (Å²) < 4.78 is 0. The molecule has 0 radical (unpaired) electrons. The lowest BCUT2D eigenvalue weighted by molar-refractivity contribution is 0.101. The molecule has 0 amide bonds. The number of hydrogen-bond donors (Lipinski definition) is 1. The minimum absolute atomic E-state index is 0. The average molecular weight is 503 g/mol. The molecule has 0 saturated carbocycles. The lowest BCUT2D eigenvalue weighted by Gasteiger charge is -2.18. The van der Waals surface area contributed by atoms with Crippen molar-refractivity contribution >= 4 is 52.8 Å². The van der Waals surface area contributed by atoms with Gasteiger partial charge in [0.05, 0.1) is 5.52 Å². The second-order valence-corrected chi connectivity index (χ2v) is 9.26. The number of fused-ring (bicyclic) bond motifs is 1. The van der Waals surface area contributed by atoms with Gasteiger partial charge in [0.2, 0.25) is 0 Å². The quantitative estimate of drug-likeness (QED) is 0.287. The minimum atomic E-state index is -0.0194. The molecule has 0 spiro atoms. The molecule has 0 aliphatic carbocycles. The van der Waals surface area contributed by atoms with Crippen LogP contribution in [0.4, 0.5) is 0 Å². The number of carbonyl (C=O) groups is 1. The number of carbonyl (C=O) groups excluding carboxylic acids is 1. The first kappa shape index (κ1) is 26.9. The van der Waals surface area contributed by atoms with Gasteiger partial charge in [-0.1, -0.05) is 43.7 Å². The van der Waals surface area contributed by atoms with Crippen LogP contribution in [0.15, 0.2) is 47.8 Å². The van der Waals surface area contributed by atoms with Gasteiger partial charge in [0.15, 0.2) is 5.78 Å². The summed E-state index contributed by atoms with van der Waals surface area (Å²) in [6.45, 7) is 8.48. The number of thiazole rings is 1. The van der Waals surface area contributed by atoms with E-state index in [9.17, 15) is 4.79 Å². The van der Waals surface area contributed by atoms with Crippen molar-refractivity contribution in [2.45, 2.75) is 40.7 Å². The SMILES string of the molecule is CC(=O)c1csc(-c2ccc3nc(CC(C)C)c(CN)c(-c4ccc(C)cc4)c3c2)n1.Cl.Cl. The molecule has 4 nitrogen and oxygen atoms in total. The molecular weight excluding hydrogens is 473 g/mol. The van der Waals surface area contributed by atoms with Crippen molar-refractivity contribution < 1.29 is 4.79 Å². The van der Waals surface area contributed by atoms with Crippen LogP contribution in [0.5, 0.6) is 0 Å². The van der Waals surface area contributed by atoms with Gasteiger partial charge in [0, 0.05) is 35.5 Å². The highest BCUT2D eigenvalue weighted by Gasteiger charge is 2.18. The van der Waals surface area contributed by atoms with Gasteiger partial charge in [-0.15, -0.1) is 36.2 Å². The lowest BCUT2D eigenvalue weighted by atomic mass is 9.90. The van der Waals surface area contributed by atoms with E-state index in [0.29, 0.717) is 18.2 Å². The van der Waals surface area contributed by atoms with Crippen LogP contribution in [0.2, 0.25) is 0 Å². The molecule has 0 bridgehead atoms. The normalized spacial score (nSPS) is 10.7. The summed E-state index contributed by atoms with van der Waals surface area (Å²) in [4.78, 5) is 21.2. The Kier molecular flexibility index (Phi) is 9.15. The van der Waals surface area contributed by atoms with Crippen LogP contribution in [-0.2, 0) is 13.0 Å². The molecule has 0 aliphatic rings. The van der Waals surface area contributed by atoms with E-state index in [4.69, 9.17) is 10.7 Å². The van der Waals surface area contributed by atoms with Crippen LogP contribution in [-0.4, -0.2) is 15.8 Å². The molecule has 7 heteroatoms. The summed E-state index contributed by atoms with van der Waals surface area (Å²) in [6.07, 6.45) is 0.886. The molecule has 174 valence electrons. The molecule has 2 N–H and O–H groups in total. The van der Waals surface area contributed by atoms with Crippen LogP contribution in [0.1, 0.15) is 48.1 Å². The molecule has 2 aromatic carbocycles. The Morgan fingerprint density at radius 2 is 1.70 bits per heavy atom. The fourth-order valence-corrected chi connectivity index (χ4v) is 4.74. The van der Waals surface area contributed by atoms with Crippen molar-refractivity contribution in [2.24, 2.45) is 11.7 Å². The van der Waals surface area contributed by atoms with Crippen LogP contribution >= 0.6 is 36.2 Å². The third-order valence-corrected chi connectivity index (χ3v) is 6.32. The maximum absolute atomic E-state index is 11.7. The Hall–Kier alpha value is -2.31. The van der Waals surface area contributed by atoms with Crippen molar-refractivity contribution in [1.29, 1.82) is 0 Å². The van der Waals surface area contributed by atoms with E-state index >= 15 is 0 Å². The number of nitrogens with zero attached hydrogens (tertiary/aromatic N) is 2. The molecule has 0 saturated heterocycles. The first-order valence-electron chi connectivity index (χ1n) is 10.6. The predicted octanol–water partition coefficient (Wildman–Crippen LogP) is 7.04. The maximum atomic E-state index is 11.7. The van der Waals surface area contributed by atoms with Gasteiger partial charge in [0.1, 0.15) is 10.7 Å². The highest BCUT2D eigenvalue weighted by Crippen LogP contribution is 2.37. The van der Waals surface area contributed by atoms with E-state index < -0.39 is 0 Å². The molecule has 4 aromatic rings. The van der Waals surface area contributed by atoms with E-state index in [1.807, 2.05) is 11.4 Å². The zero-order chi connectivity index (χ0) is 22.1. The van der Waals surface area contributed by atoms with Gasteiger partial charge in [-0.2, -0.15) is 0 Å². The number of aryl methyl sites for hydroxylation is 1. The summed E-state index contributed by atoms with van der Waals surface area (Å²) in [5.41, 5.74) is 14.4. The number of Topliss-reactive ketones (excluding diaryl/α,β-unsaturated/α-hetero) is 1. The zero-order valence-electron chi connectivity index (χ0n) is 19.2. The van der Waals surface area contributed by atoms with Crippen LogP contribution in [0.25, 0.3) is 32.6 Å². The first-order valence-corrected chi connectivity index (χ1v) is 11.4. The zero-order valence-corrected chi connectivity index (χ0v) is 21.7. The van der Waals surface area contributed by atoms with E-state index in [2.05, 4.69) is 62.2 Å². The summed E-state index contributed by atoms with van der Waals surface area (Å²) in [5.74, 6) is 0.467. The number of halogens is 2. The van der Waals surface area contributed by atoms with E-state index in [1.54, 1.807) is 6.92 Å². The molecule has 0 aliphatic heterocycles. The number of pyridine rings is 1. The van der Waals surface area contributed by atoms with E-state index in [0.717, 1.165) is 50.3 Å².